The Morgan fingerprint density at radius 2 is 2.00 bits per heavy atom. The number of ether oxygens (including phenoxy) is 1. The third-order valence-corrected chi connectivity index (χ3v) is 6.19. The molecule has 35 heavy (non-hydrogen) atoms. The smallest absolute Gasteiger partial charge is 0.311 e. The van der Waals surface area contributed by atoms with Crippen molar-refractivity contribution in [1.82, 2.24) is 9.66 Å². The topological polar surface area (TPSA) is 99.6 Å². The Morgan fingerprint density at radius 3 is 2.71 bits per heavy atom. The van der Waals surface area contributed by atoms with E-state index in [-0.39, 0.29) is 23.6 Å². The van der Waals surface area contributed by atoms with Crippen molar-refractivity contribution in [2.75, 3.05) is 0 Å². The lowest BCUT2D eigenvalue weighted by Gasteiger charge is -2.11. The van der Waals surface area contributed by atoms with Crippen LogP contribution in [0.5, 0.6) is 5.75 Å². The molecule has 1 heterocycles. The first-order valence-corrected chi connectivity index (χ1v) is 11.9. The van der Waals surface area contributed by atoms with E-state index in [1.807, 2.05) is 13.0 Å². The normalized spacial score (nSPS) is 11.3. The van der Waals surface area contributed by atoms with Gasteiger partial charge in [0.15, 0.2) is 0 Å². The fourth-order valence-corrected chi connectivity index (χ4v) is 4.22. The maximum atomic E-state index is 13.1. The number of aromatic nitrogens is 2. The van der Waals surface area contributed by atoms with Crippen LogP contribution < -0.4 is 10.3 Å². The van der Waals surface area contributed by atoms with Crippen LogP contribution in [-0.4, -0.2) is 20.8 Å². The first-order valence-electron chi connectivity index (χ1n) is 10.4. The second kappa shape index (κ2) is 10.6. The lowest BCUT2D eigenvalue weighted by atomic mass is 10.2. The molecule has 0 saturated carbocycles. The number of para-hydroxylation sites is 1. The molecule has 178 valence electrons. The van der Waals surface area contributed by atoms with Crippen LogP contribution in [-0.2, 0) is 13.0 Å². The van der Waals surface area contributed by atoms with Gasteiger partial charge in [-0.05, 0) is 36.4 Å². The summed E-state index contributed by atoms with van der Waals surface area (Å²) in [7, 11) is 0. The van der Waals surface area contributed by atoms with Crippen LogP contribution in [0.4, 0.5) is 5.69 Å². The van der Waals surface area contributed by atoms with Gasteiger partial charge in [0.25, 0.3) is 5.56 Å². The molecule has 0 spiro atoms. The lowest BCUT2D eigenvalue weighted by Crippen LogP contribution is -2.22. The van der Waals surface area contributed by atoms with Gasteiger partial charge in [-0.25, -0.2) is 4.98 Å². The monoisotopic (exact) mass is 574 g/mol. The first-order chi connectivity index (χ1) is 16.8. The molecule has 0 N–H and O–H groups in total. The average molecular weight is 576 g/mol. The van der Waals surface area contributed by atoms with Gasteiger partial charge in [-0.15, -0.1) is 0 Å². The van der Waals surface area contributed by atoms with E-state index in [2.05, 4.69) is 26.0 Å². The second-order valence-electron chi connectivity index (χ2n) is 7.38. The number of halogens is 3. The van der Waals surface area contributed by atoms with Crippen molar-refractivity contribution in [3.8, 4) is 5.75 Å². The Kier molecular flexibility index (Phi) is 7.49. The minimum absolute atomic E-state index is 0.00476. The maximum absolute atomic E-state index is 13.1. The van der Waals surface area contributed by atoms with Crippen molar-refractivity contribution in [2.45, 2.75) is 20.0 Å². The quantitative estimate of drug-likeness (QED) is 0.144. The zero-order valence-corrected chi connectivity index (χ0v) is 21.3. The highest BCUT2D eigenvalue weighted by atomic mass is 79.9. The summed E-state index contributed by atoms with van der Waals surface area (Å²) in [6.45, 7) is 1.82. The molecule has 0 radical (unpaired) electrons. The molecule has 0 bridgehead atoms. The maximum Gasteiger partial charge on any atom is 0.311 e. The van der Waals surface area contributed by atoms with E-state index in [0.717, 1.165) is 4.47 Å². The van der Waals surface area contributed by atoms with Crippen molar-refractivity contribution in [3.05, 3.63) is 107 Å². The number of rotatable bonds is 7. The van der Waals surface area contributed by atoms with Gasteiger partial charge in [-0.2, -0.15) is 9.78 Å². The van der Waals surface area contributed by atoms with E-state index in [1.54, 1.807) is 36.4 Å². The summed E-state index contributed by atoms with van der Waals surface area (Å²) >= 11 is 15.5. The van der Waals surface area contributed by atoms with Crippen LogP contribution >= 0.6 is 39.1 Å². The standard InChI is InChI=1S/C24H17BrCl2N4O4/c1-2-22-29-20-9-7-16(25)10-18(20)24(32)30(22)28-12-14-4-3-5-21(31(33)34)23(14)35-13-15-6-8-17(26)11-19(15)27/h3-12H,2,13H2,1H3. The third-order valence-electron chi connectivity index (χ3n) is 5.11. The van der Waals surface area contributed by atoms with Crippen molar-refractivity contribution in [2.24, 2.45) is 5.10 Å². The fraction of sp³-hybridized carbons (Fsp3) is 0.125. The highest BCUT2D eigenvalue weighted by molar-refractivity contribution is 9.10. The van der Waals surface area contributed by atoms with E-state index in [9.17, 15) is 14.9 Å². The number of aryl methyl sites for hydroxylation is 1. The van der Waals surface area contributed by atoms with Gasteiger partial charge < -0.3 is 4.74 Å². The van der Waals surface area contributed by atoms with Crippen molar-refractivity contribution < 1.29 is 9.66 Å². The number of benzene rings is 3. The molecular formula is C24H17BrCl2N4O4. The van der Waals surface area contributed by atoms with Crippen LogP contribution in [0, 0.1) is 10.1 Å². The van der Waals surface area contributed by atoms with E-state index in [0.29, 0.717) is 44.3 Å². The minimum atomic E-state index is -0.547. The number of hydrogen-bond donors (Lipinski definition) is 0. The second-order valence-corrected chi connectivity index (χ2v) is 9.14. The van der Waals surface area contributed by atoms with Crippen molar-refractivity contribution in [1.29, 1.82) is 0 Å². The highest BCUT2D eigenvalue weighted by Crippen LogP contribution is 2.32. The highest BCUT2D eigenvalue weighted by Gasteiger charge is 2.19. The van der Waals surface area contributed by atoms with E-state index in [4.69, 9.17) is 27.9 Å². The molecule has 0 amide bonds. The third kappa shape index (κ3) is 5.37. The predicted octanol–water partition coefficient (Wildman–Crippen LogP) is 6.40. The predicted molar refractivity (Wildman–Crippen MR) is 140 cm³/mol. The molecule has 0 fully saturated rings. The SMILES string of the molecule is CCc1nc2ccc(Br)cc2c(=O)n1N=Cc1cccc([N+](=O)[O-])c1OCc1ccc(Cl)cc1Cl. The summed E-state index contributed by atoms with van der Waals surface area (Å²) in [4.78, 5) is 28.8. The number of nitrogens with zero attached hydrogens (tertiary/aromatic N) is 4. The van der Waals surface area contributed by atoms with Gasteiger partial charge in [0, 0.05) is 38.1 Å². The van der Waals surface area contributed by atoms with Crippen LogP contribution in [0.3, 0.4) is 0 Å². The van der Waals surface area contributed by atoms with Crippen molar-refractivity contribution >= 4 is 61.9 Å². The van der Waals surface area contributed by atoms with Gasteiger partial charge in [0.2, 0.25) is 5.75 Å². The van der Waals surface area contributed by atoms with Gasteiger partial charge >= 0.3 is 5.69 Å². The molecule has 0 aliphatic heterocycles. The molecule has 4 rings (SSSR count). The van der Waals surface area contributed by atoms with E-state index < -0.39 is 4.92 Å². The number of nitro groups is 1. The van der Waals surface area contributed by atoms with Crippen LogP contribution in [0.25, 0.3) is 10.9 Å². The largest absolute Gasteiger partial charge is 0.481 e. The molecule has 4 aromatic rings. The molecule has 0 saturated heterocycles. The Labute approximate surface area is 218 Å². The molecule has 1 aromatic heterocycles. The molecule has 0 unspecified atom stereocenters. The Balaban J connectivity index is 1.76. The van der Waals surface area contributed by atoms with Gasteiger partial charge in [0.05, 0.1) is 22.0 Å². The summed E-state index contributed by atoms with van der Waals surface area (Å²) in [5.41, 5.74) is 0.868. The summed E-state index contributed by atoms with van der Waals surface area (Å²) in [5.74, 6) is 0.441. The Hall–Kier alpha value is -3.27. The van der Waals surface area contributed by atoms with Crippen LogP contribution in [0.15, 0.2) is 69.0 Å². The lowest BCUT2D eigenvalue weighted by molar-refractivity contribution is -0.385. The van der Waals surface area contributed by atoms with Gasteiger partial charge in [-0.3, -0.25) is 14.9 Å². The van der Waals surface area contributed by atoms with Gasteiger partial charge in [-0.1, -0.05) is 58.2 Å². The summed E-state index contributed by atoms with van der Waals surface area (Å²) in [6.07, 6.45) is 1.80. The van der Waals surface area contributed by atoms with E-state index in [1.165, 1.54) is 23.0 Å². The molecule has 0 aliphatic carbocycles. The van der Waals surface area contributed by atoms with E-state index >= 15 is 0 Å². The zero-order chi connectivity index (χ0) is 25.1. The van der Waals surface area contributed by atoms with Gasteiger partial charge in [0.1, 0.15) is 12.4 Å². The fourth-order valence-electron chi connectivity index (χ4n) is 3.40. The number of hydrogen-bond acceptors (Lipinski definition) is 6. The van der Waals surface area contributed by atoms with Crippen molar-refractivity contribution in [3.63, 3.8) is 0 Å². The van der Waals surface area contributed by atoms with Crippen LogP contribution in [0.2, 0.25) is 10.0 Å². The van der Waals surface area contributed by atoms with Crippen LogP contribution in [0.1, 0.15) is 23.9 Å². The molecule has 0 atom stereocenters. The zero-order valence-electron chi connectivity index (χ0n) is 18.2. The average Bonchev–Trinajstić information content (AvgIpc) is 2.83. The molecule has 11 heteroatoms. The summed E-state index contributed by atoms with van der Waals surface area (Å²) in [5, 5.41) is 17.2. The molecule has 0 aliphatic rings. The first kappa shape index (κ1) is 24.8. The summed E-state index contributed by atoms with van der Waals surface area (Å²) < 4.78 is 7.75. The molecular weight excluding hydrogens is 559 g/mol. The number of fused-ring (bicyclic) bond motifs is 1. The number of nitro benzene ring substituents is 1. The molecule has 3 aromatic carbocycles. The summed E-state index contributed by atoms with van der Waals surface area (Å²) in [6, 6.07) is 14.6. The molecule has 8 nitrogen and oxygen atoms in total. The minimum Gasteiger partial charge on any atom is -0.481 e. The Bertz CT molecular complexity index is 1540. The Morgan fingerprint density at radius 1 is 1.20 bits per heavy atom.